The summed E-state index contributed by atoms with van der Waals surface area (Å²) >= 11 is 6.21. The molecule has 1 atom stereocenters. The lowest BCUT2D eigenvalue weighted by Crippen LogP contribution is -2.18. The van der Waals surface area contributed by atoms with Gasteiger partial charge in [0.2, 0.25) is 0 Å². The van der Waals surface area contributed by atoms with Crippen molar-refractivity contribution in [2.24, 2.45) is 0 Å². The molecular formula is C18H19ClFN. The van der Waals surface area contributed by atoms with Crippen LogP contribution in [0.5, 0.6) is 0 Å². The predicted molar refractivity (Wildman–Crippen MR) is 86.3 cm³/mol. The van der Waals surface area contributed by atoms with E-state index in [0.29, 0.717) is 16.6 Å². The van der Waals surface area contributed by atoms with Crippen molar-refractivity contribution in [2.45, 2.75) is 32.7 Å². The molecule has 3 rings (SSSR count). The maximum atomic E-state index is 13.5. The lowest BCUT2D eigenvalue weighted by molar-refractivity contribution is 0.549. The molecule has 1 aliphatic rings. The first kappa shape index (κ1) is 14.6. The van der Waals surface area contributed by atoms with Crippen LogP contribution in [0.2, 0.25) is 5.02 Å². The van der Waals surface area contributed by atoms with Crippen LogP contribution in [0.4, 0.5) is 4.39 Å². The second-order valence-corrected chi connectivity index (χ2v) is 6.05. The van der Waals surface area contributed by atoms with Gasteiger partial charge in [-0.1, -0.05) is 36.7 Å². The highest BCUT2D eigenvalue weighted by molar-refractivity contribution is 6.33. The first-order chi connectivity index (χ1) is 10.1. The fourth-order valence-corrected chi connectivity index (χ4v) is 3.38. The third-order valence-electron chi connectivity index (χ3n) is 4.23. The van der Waals surface area contributed by atoms with E-state index in [0.717, 1.165) is 30.5 Å². The molecule has 0 aromatic heterocycles. The zero-order valence-corrected chi connectivity index (χ0v) is 13.1. The van der Waals surface area contributed by atoms with E-state index in [1.807, 2.05) is 6.07 Å². The van der Waals surface area contributed by atoms with Crippen molar-refractivity contribution in [3.8, 4) is 11.1 Å². The van der Waals surface area contributed by atoms with E-state index in [2.05, 4.69) is 30.4 Å². The summed E-state index contributed by atoms with van der Waals surface area (Å²) in [5, 5.41) is 3.98. The Kier molecular flexibility index (Phi) is 4.01. The van der Waals surface area contributed by atoms with E-state index in [-0.39, 0.29) is 5.82 Å². The molecule has 0 bridgehead atoms. The number of aryl methyl sites for hydroxylation is 2. The molecule has 1 aliphatic carbocycles. The van der Waals surface area contributed by atoms with Crippen LogP contribution in [-0.2, 0) is 6.42 Å². The van der Waals surface area contributed by atoms with Crippen LogP contribution >= 0.6 is 11.6 Å². The lowest BCUT2D eigenvalue weighted by atomic mass is 9.98. The molecule has 0 radical (unpaired) electrons. The molecule has 0 amide bonds. The van der Waals surface area contributed by atoms with E-state index in [4.69, 9.17) is 11.6 Å². The molecule has 3 heteroatoms. The minimum Gasteiger partial charge on any atom is -0.310 e. The van der Waals surface area contributed by atoms with E-state index in [9.17, 15) is 4.39 Å². The Morgan fingerprint density at radius 1 is 1.29 bits per heavy atom. The standard InChI is InChI=1S/C18H19ClFN/c1-3-21-18-7-5-12-9-13(4-6-14(12)18)15-8-11(2)17(20)10-16(15)19/h4,6,8-10,18,21H,3,5,7H2,1-2H3. The van der Waals surface area contributed by atoms with E-state index in [1.165, 1.54) is 17.2 Å². The molecule has 21 heavy (non-hydrogen) atoms. The number of rotatable bonds is 3. The fourth-order valence-electron chi connectivity index (χ4n) is 3.12. The molecule has 2 aromatic rings. The first-order valence-corrected chi connectivity index (χ1v) is 7.80. The average molecular weight is 304 g/mol. The molecule has 0 saturated carbocycles. The Bertz CT molecular complexity index is 681. The molecule has 0 fully saturated rings. The number of halogens is 2. The van der Waals surface area contributed by atoms with E-state index in [1.54, 1.807) is 6.92 Å². The molecule has 0 aliphatic heterocycles. The summed E-state index contributed by atoms with van der Waals surface area (Å²) in [5.41, 5.74) is 5.36. The van der Waals surface area contributed by atoms with Gasteiger partial charge in [0, 0.05) is 11.6 Å². The van der Waals surface area contributed by atoms with E-state index >= 15 is 0 Å². The van der Waals surface area contributed by atoms with Crippen molar-refractivity contribution >= 4 is 11.6 Å². The van der Waals surface area contributed by atoms with Crippen LogP contribution in [0.3, 0.4) is 0 Å². The van der Waals surface area contributed by atoms with Gasteiger partial charge in [-0.15, -0.1) is 0 Å². The molecule has 0 saturated heterocycles. The second kappa shape index (κ2) is 5.78. The van der Waals surface area contributed by atoms with Gasteiger partial charge in [-0.25, -0.2) is 4.39 Å². The van der Waals surface area contributed by atoms with Crippen molar-refractivity contribution in [2.75, 3.05) is 6.54 Å². The van der Waals surface area contributed by atoms with Gasteiger partial charge >= 0.3 is 0 Å². The first-order valence-electron chi connectivity index (χ1n) is 7.42. The van der Waals surface area contributed by atoms with Gasteiger partial charge in [0.05, 0.1) is 5.02 Å². The Balaban J connectivity index is 2.01. The summed E-state index contributed by atoms with van der Waals surface area (Å²) < 4.78 is 13.5. The molecule has 1 unspecified atom stereocenters. The Hall–Kier alpha value is -1.38. The summed E-state index contributed by atoms with van der Waals surface area (Å²) in [6.07, 6.45) is 2.22. The third kappa shape index (κ3) is 2.70. The fraction of sp³-hybridized carbons (Fsp3) is 0.333. The second-order valence-electron chi connectivity index (χ2n) is 5.64. The van der Waals surface area contributed by atoms with Gasteiger partial charge in [0.15, 0.2) is 0 Å². The highest BCUT2D eigenvalue weighted by atomic mass is 35.5. The highest BCUT2D eigenvalue weighted by Crippen LogP contribution is 2.36. The molecular weight excluding hydrogens is 285 g/mol. The van der Waals surface area contributed by atoms with Gasteiger partial charge in [0.25, 0.3) is 0 Å². The number of benzene rings is 2. The van der Waals surface area contributed by atoms with Crippen molar-refractivity contribution in [3.63, 3.8) is 0 Å². The summed E-state index contributed by atoms with van der Waals surface area (Å²) in [5.74, 6) is -0.253. The Morgan fingerprint density at radius 3 is 2.86 bits per heavy atom. The van der Waals surface area contributed by atoms with E-state index < -0.39 is 0 Å². The molecule has 1 nitrogen and oxygen atoms in total. The number of nitrogens with one attached hydrogen (secondary N) is 1. The lowest BCUT2D eigenvalue weighted by Gasteiger charge is -2.13. The zero-order chi connectivity index (χ0) is 15.0. The minimum absolute atomic E-state index is 0.253. The van der Waals surface area contributed by atoms with Gasteiger partial charge in [0.1, 0.15) is 5.82 Å². The van der Waals surface area contributed by atoms with Gasteiger partial charge < -0.3 is 5.32 Å². The maximum Gasteiger partial charge on any atom is 0.127 e. The average Bonchev–Trinajstić information content (AvgIpc) is 2.86. The van der Waals surface area contributed by atoms with Crippen LogP contribution < -0.4 is 5.32 Å². The zero-order valence-electron chi connectivity index (χ0n) is 12.3. The van der Waals surface area contributed by atoms with Crippen molar-refractivity contribution in [1.29, 1.82) is 0 Å². The van der Waals surface area contributed by atoms with Crippen LogP contribution in [0.25, 0.3) is 11.1 Å². The molecule has 0 heterocycles. The van der Waals surface area contributed by atoms with Crippen molar-refractivity contribution in [1.82, 2.24) is 5.32 Å². The normalized spacial score (nSPS) is 17.0. The summed E-state index contributed by atoms with van der Waals surface area (Å²) in [7, 11) is 0. The van der Waals surface area contributed by atoms with Crippen LogP contribution in [-0.4, -0.2) is 6.54 Å². The van der Waals surface area contributed by atoms with Crippen LogP contribution in [0.15, 0.2) is 30.3 Å². The summed E-state index contributed by atoms with van der Waals surface area (Å²) in [6, 6.07) is 10.2. The third-order valence-corrected chi connectivity index (χ3v) is 4.54. The van der Waals surface area contributed by atoms with Crippen LogP contribution in [0, 0.1) is 12.7 Å². The van der Waals surface area contributed by atoms with Gasteiger partial charge in [-0.05, 0) is 60.7 Å². The number of hydrogen-bond acceptors (Lipinski definition) is 1. The van der Waals surface area contributed by atoms with Crippen LogP contribution in [0.1, 0.15) is 36.1 Å². The topological polar surface area (TPSA) is 12.0 Å². The highest BCUT2D eigenvalue weighted by Gasteiger charge is 2.22. The predicted octanol–water partition coefficient (Wildman–Crippen LogP) is 5.05. The quantitative estimate of drug-likeness (QED) is 0.836. The van der Waals surface area contributed by atoms with Crippen molar-refractivity contribution in [3.05, 3.63) is 57.9 Å². The summed E-state index contributed by atoms with van der Waals surface area (Å²) in [4.78, 5) is 0. The Morgan fingerprint density at radius 2 is 2.10 bits per heavy atom. The largest absolute Gasteiger partial charge is 0.310 e. The smallest absolute Gasteiger partial charge is 0.127 e. The summed E-state index contributed by atoms with van der Waals surface area (Å²) in [6.45, 7) is 4.88. The van der Waals surface area contributed by atoms with Gasteiger partial charge in [-0.2, -0.15) is 0 Å². The molecule has 1 N–H and O–H groups in total. The maximum absolute atomic E-state index is 13.5. The minimum atomic E-state index is -0.253. The molecule has 2 aromatic carbocycles. The molecule has 0 spiro atoms. The van der Waals surface area contributed by atoms with Crippen molar-refractivity contribution < 1.29 is 4.39 Å². The molecule has 110 valence electrons. The van der Waals surface area contributed by atoms with Gasteiger partial charge in [-0.3, -0.25) is 0 Å². The SMILES string of the molecule is CCNC1CCc2cc(-c3cc(C)c(F)cc3Cl)ccc21. The number of fused-ring (bicyclic) bond motifs is 1. The monoisotopic (exact) mass is 303 g/mol. The number of hydrogen-bond donors (Lipinski definition) is 1. The Labute approximate surface area is 130 Å².